The molecule has 4 aromatic rings. The van der Waals surface area contributed by atoms with Crippen LogP contribution in [0.2, 0.25) is 0 Å². The van der Waals surface area contributed by atoms with Crippen LogP contribution in [0.15, 0.2) is 80.7 Å². The van der Waals surface area contributed by atoms with Crippen molar-refractivity contribution in [2.75, 3.05) is 12.4 Å². The number of carbonyl (C=O) groups is 1. The minimum atomic E-state index is -0.676. The number of amides is 1. The van der Waals surface area contributed by atoms with Gasteiger partial charge in [-0.1, -0.05) is 30.3 Å². The Morgan fingerprint density at radius 3 is 2.67 bits per heavy atom. The lowest BCUT2D eigenvalue weighted by Crippen LogP contribution is -2.30. The van der Waals surface area contributed by atoms with E-state index in [2.05, 4.69) is 10.4 Å². The third-order valence-electron chi connectivity index (χ3n) is 4.46. The fourth-order valence-corrected chi connectivity index (χ4v) is 3.04. The van der Waals surface area contributed by atoms with Gasteiger partial charge in [-0.2, -0.15) is 5.10 Å². The largest absolute Gasteiger partial charge is 0.496 e. The zero-order valence-electron chi connectivity index (χ0n) is 16.0. The van der Waals surface area contributed by atoms with Crippen LogP contribution >= 0.6 is 0 Å². The number of para-hydroxylation sites is 2. The topological polar surface area (TPSA) is 103 Å². The number of aromatic nitrogens is 2. The molecule has 4 rings (SSSR count). The van der Waals surface area contributed by atoms with Crippen LogP contribution in [0.4, 0.5) is 5.69 Å². The van der Waals surface area contributed by atoms with Gasteiger partial charge in [0.25, 0.3) is 5.56 Å². The van der Waals surface area contributed by atoms with E-state index in [1.807, 2.05) is 12.1 Å². The third kappa shape index (κ3) is 3.83. The lowest BCUT2D eigenvalue weighted by molar-refractivity contribution is -0.117. The van der Waals surface area contributed by atoms with Crippen molar-refractivity contribution in [1.29, 1.82) is 0 Å². The fraction of sp³-hybridized carbons (Fsp3) is 0.0909. The molecule has 0 aliphatic rings. The van der Waals surface area contributed by atoms with Crippen molar-refractivity contribution in [3.8, 4) is 17.0 Å². The van der Waals surface area contributed by atoms with Crippen LogP contribution in [-0.2, 0) is 11.3 Å². The van der Waals surface area contributed by atoms with Gasteiger partial charge in [-0.05, 0) is 30.3 Å². The van der Waals surface area contributed by atoms with E-state index in [-0.39, 0.29) is 12.2 Å². The van der Waals surface area contributed by atoms with Gasteiger partial charge in [0, 0.05) is 17.0 Å². The van der Waals surface area contributed by atoms with Crippen LogP contribution in [0, 0.1) is 0 Å². The van der Waals surface area contributed by atoms with Crippen LogP contribution in [0.1, 0.15) is 0 Å². The van der Waals surface area contributed by atoms with E-state index in [4.69, 9.17) is 9.15 Å². The normalized spacial score (nSPS) is 10.7. The van der Waals surface area contributed by atoms with E-state index < -0.39 is 17.1 Å². The molecule has 0 aliphatic carbocycles. The summed E-state index contributed by atoms with van der Waals surface area (Å²) in [5, 5.41) is 7.42. The number of ether oxygens (including phenoxy) is 1. The van der Waals surface area contributed by atoms with Crippen LogP contribution in [0.3, 0.4) is 0 Å². The van der Waals surface area contributed by atoms with E-state index in [1.165, 1.54) is 19.2 Å². The first kappa shape index (κ1) is 19.1. The number of hydrogen-bond acceptors (Lipinski definition) is 6. The maximum atomic E-state index is 12.5. The summed E-state index contributed by atoms with van der Waals surface area (Å²) in [5.74, 6) is 0.0118. The van der Waals surface area contributed by atoms with Gasteiger partial charge < -0.3 is 14.5 Å². The first-order valence-electron chi connectivity index (χ1n) is 9.09. The molecule has 8 heteroatoms. The summed E-state index contributed by atoms with van der Waals surface area (Å²) in [6.45, 7) is -0.367. The van der Waals surface area contributed by atoms with Gasteiger partial charge in [-0.25, -0.2) is 9.48 Å². The van der Waals surface area contributed by atoms with E-state index in [0.29, 0.717) is 28.0 Å². The molecule has 30 heavy (non-hydrogen) atoms. The number of nitrogens with zero attached hydrogens (tertiary/aromatic N) is 2. The minimum absolute atomic E-state index is 0.00682. The first-order chi connectivity index (χ1) is 14.5. The molecule has 0 radical (unpaired) electrons. The molecule has 2 heterocycles. The Morgan fingerprint density at radius 1 is 1.07 bits per heavy atom. The maximum absolute atomic E-state index is 12.5. The van der Waals surface area contributed by atoms with E-state index in [9.17, 15) is 14.4 Å². The molecule has 2 aromatic heterocycles. The van der Waals surface area contributed by atoms with Gasteiger partial charge in [0.05, 0.1) is 12.8 Å². The lowest BCUT2D eigenvalue weighted by Gasteiger charge is -2.10. The van der Waals surface area contributed by atoms with E-state index in [0.717, 1.165) is 4.68 Å². The number of carbonyl (C=O) groups excluding carboxylic acids is 1. The number of benzene rings is 2. The second kappa shape index (κ2) is 8.04. The van der Waals surface area contributed by atoms with Crippen LogP contribution in [-0.4, -0.2) is 22.8 Å². The van der Waals surface area contributed by atoms with Gasteiger partial charge in [0.15, 0.2) is 0 Å². The average Bonchev–Trinajstić information content (AvgIpc) is 2.76. The van der Waals surface area contributed by atoms with Crippen LogP contribution in [0.5, 0.6) is 5.75 Å². The zero-order chi connectivity index (χ0) is 21.1. The summed E-state index contributed by atoms with van der Waals surface area (Å²) in [7, 11) is 1.54. The average molecular weight is 403 g/mol. The minimum Gasteiger partial charge on any atom is -0.496 e. The Morgan fingerprint density at radius 2 is 1.83 bits per heavy atom. The van der Waals surface area contributed by atoms with Crippen molar-refractivity contribution in [2.45, 2.75) is 6.54 Å². The summed E-state index contributed by atoms with van der Waals surface area (Å²) in [6, 6.07) is 18.6. The highest BCUT2D eigenvalue weighted by molar-refractivity contribution is 5.92. The SMILES string of the molecule is COc1ccccc1-c1ccc(=O)n(CC(=O)Nc2cc3ccccc3oc2=O)n1. The van der Waals surface area contributed by atoms with Crippen molar-refractivity contribution < 1.29 is 13.9 Å². The molecule has 0 spiro atoms. The van der Waals surface area contributed by atoms with Gasteiger partial charge in [-0.15, -0.1) is 0 Å². The molecule has 0 aliphatic heterocycles. The molecule has 150 valence electrons. The Balaban J connectivity index is 1.60. The van der Waals surface area contributed by atoms with Crippen LogP contribution < -0.4 is 21.2 Å². The third-order valence-corrected chi connectivity index (χ3v) is 4.46. The van der Waals surface area contributed by atoms with Gasteiger partial charge in [-0.3, -0.25) is 9.59 Å². The summed E-state index contributed by atoms with van der Waals surface area (Å²) in [4.78, 5) is 36.8. The monoisotopic (exact) mass is 403 g/mol. The zero-order valence-corrected chi connectivity index (χ0v) is 16.0. The Kier molecular flexibility index (Phi) is 5.13. The standard InChI is InChI=1S/C22H17N3O5/c1-29-19-9-5-3-7-15(19)16-10-11-21(27)25(24-16)13-20(26)23-17-12-14-6-2-4-8-18(14)30-22(17)28/h2-12H,13H2,1H3,(H,23,26). The van der Waals surface area contributed by atoms with Crippen molar-refractivity contribution in [3.05, 3.63) is 87.5 Å². The van der Waals surface area contributed by atoms with E-state index in [1.54, 1.807) is 42.5 Å². The van der Waals surface area contributed by atoms with Crippen LogP contribution in [0.25, 0.3) is 22.2 Å². The van der Waals surface area contributed by atoms with Crippen molar-refractivity contribution in [3.63, 3.8) is 0 Å². The number of fused-ring (bicyclic) bond motifs is 1. The molecule has 0 unspecified atom stereocenters. The molecule has 8 nitrogen and oxygen atoms in total. The molecule has 0 saturated heterocycles. The molecule has 0 saturated carbocycles. The molecular formula is C22H17N3O5. The number of methoxy groups -OCH3 is 1. The highest BCUT2D eigenvalue weighted by Crippen LogP contribution is 2.27. The summed E-state index contributed by atoms with van der Waals surface area (Å²) >= 11 is 0. The molecule has 2 aromatic carbocycles. The van der Waals surface area contributed by atoms with Gasteiger partial charge >= 0.3 is 5.63 Å². The van der Waals surface area contributed by atoms with Crippen molar-refractivity contribution in [1.82, 2.24) is 9.78 Å². The van der Waals surface area contributed by atoms with Gasteiger partial charge in [0.2, 0.25) is 5.91 Å². The van der Waals surface area contributed by atoms with E-state index >= 15 is 0 Å². The Bertz CT molecular complexity index is 1360. The van der Waals surface area contributed by atoms with Crippen molar-refractivity contribution in [2.24, 2.45) is 0 Å². The molecule has 1 N–H and O–H groups in total. The number of anilines is 1. The smallest absolute Gasteiger partial charge is 0.360 e. The Labute approximate surface area is 170 Å². The Hall–Kier alpha value is -4.20. The molecule has 0 fully saturated rings. The predicted molar refractivity (Wildman–Crippen MR) is 112 cm³/mol. The highest BCUT2D eigenvalue weighted by atomic mass is 16.5. The quantitative estimate of drug-likeness (QED) is 0.514. The maximum Gasteiger partial charge on any atom is 0.360 e. The predicted octanol–water partition coefficient (Wildman–Crippen LogP) is 2.66. The highest BCUT2D eigenvalue weighted by Gasteiger charge is 2.13. The molecule has 0 atom stereocenters. The summed E-state index contributed by atoms with van der Waals surface area (Å²) in [5.41, 5.74) is 0.449. The summed E-state index contributed by atoms with van der Waals surface area (Å²) < 4.78 is 11.6. The molecule has 1 amide bonds. The molecule has 0 bridgehead atoms. The second-order valence-electron chi connectivity index (χ2n) is 6.45. The van der Waals surface area contributed by atoms with Gasteiger partial charge in [0.1, 0.15) is 23.6 Å². The number of hydrogen-bond donors (Lipinski definition) is 1. The second-order valence-corrected chi connectivity index (χ2v) is 6.45. The fourth-order valence-electron chi connectivity index (χ4n) is 3.04. The molecular weight excluding hydrogens is 386 g/mol. The first-order valence-corrected chi connectivity index (χ1v) is 9.09. The van der Waals surface area contributed by atoms with Crippen molar-refractivity contribution >= 4 is 22.6 Å². The summed E-state index contributed by atoms with van der Waals surface area (Å²) in [6.07, 6.45) is 0. The lowest BCUT2D eigenvalue weighted by atomic mass is 10.1. The number of nitrogens with one attached hydrogen (secondary N) is 1. The number of rotatable bonds is 5.